The third-order valence-corrected chi connectivity index (χ3v) is 2.27. The highest BCUT2D eigenvalue weighted by molar-refractivity contribution is 9.08. The lowest BCUT2D eigenvalue weighted by Crippen LogP contribution is -2.02. The van der Waals surface area contributed by atoms with Gasteiger partial charge in [0.15, 0.2) is 0 Å². The van der Waals surface area contributed by atoms with Gasteiger partial charge < -0.3 is 4.74 Å². The minimum absolute atomic E-state index is 0.0925. The molecular formula is C8H7BrF3NO. The Labute approximate surface area is 87.2 Å². The van der Waals surface area contributed by atoms with Gasteiger partial charge in [-0.1, -0.05) is 15.9 Å². The van der Waals surface area contributed by atoms with Gasteiger partial charge in [0.05, 0.1) is 18.9 Å². The van der Waals surface area contributed by atoms with E-state index in [1.807, 2.05) is 0 Å². The van der Waals surface area contributed by atoms with E-state index in [4.69, 9.17) is 4.74 Å². The zero-order chi connectivity index (χ0) is 10.7. The number of ether oxygens (including phenoxy) is 1. The molecule has 0 saturated carbocycles. The topological polar surface area (TPSA) is 22.1 Å². The first kappa shape index (κ1) is 11.3. The summed E-state index contributed by atoms with van der Waals surface area (Å²) in [4.78, 5) is 3.19. The van der Waals surface area contributed by atoms with Crippen molar-refractivity contribution in [3.8, 4) is 5.75 Å². The molecule has 0 saturated heterocycles. The van der Waals surface area contributed by atoms with Gasteiger partial charge >= 0.3 is 0 Å². The molecule has 0 aromatic carbocycles. The Kier molecular flexibility index (Phi) is 3.74. The van der Waals surface area contributed by atoms with Gasteiger partial charge in [0.25, 0.3) is 6.43 Å². The first-order chi connectivity index (χ1) is 6.61. The summed E-state index contributed by atoms with van der Waals surface area (Å²) in [6.45, 7) is 0. The fourth-order valence-corrected chi connectivity index (χ4v) is 1.63. The summed E-state index contributed by atoms with van der Waals surface area (Å²) < 4.78 is 42.6. The lowest BCUT2D eigenvalue weighted by atomic mass is 10.1. The number of pyridine rings is 1. The van der Waals surface area contributed by atoms with Crippen LogP contribution in [0, 0.1) is 5.95 Å². The van der Waals surface area contributed by atoms with E-state index in [9.17, 15) is 13.2 Å². The van der Waals surface area contributed by atoms with Gasteiger partial charge in [-0.3, -0.25) is 0 Å². The minimum Gasteiger partial charge on any atom is -0.495 e. The fourth-order valence-electron chi connectivity index (χ4n) is 1.06. The Bertz CT molecular complexity index is 333. The average molecular weight is 270 g/mol. The Hall–Kier alpha value is -0.780. The van der Waals surface area contributed by atoms with Crippen LogP contribution in [0.15, 0.2) is 6.20 Å². The van der Waals surface area contributed by atoms with E-state index in [1.54, 1.807) is 0 Å². The molecule has 0 aliphatic rings. The van der Waals surface area contributed by atoms with Gasteiger partial charge in [-0.05, 0) is 0 Å². The van der Waals surface area contributed by atoms with Crippen LogP contribution < -0.4 is 4.74 Å². The average Bonchev–Trinajstić information content (AvgIpc) is 2.16. The Morgan fingerprint density at radius 3 is 2.64 bits per heavy atom. The minimum atomic E-state index is -2.90. The van der Waals surface area contributed by atoms with E-state index >= 15 is 0 Å². The summed E-state index contributed by atoms with van der Waals surface area (Å²) in [5.41, 5.74) is -0.615. The first-order valence-corrected chi connectivity index (χ1v) is 4.79. The van der Waals surface area contributed by atoms with Crippen LogP contribution in [0.4, 0.5) is 13.2 Å². The zero-order valence-corrected chi connectivity index (χ0v) is 8.82. The quantitative estimate of drug-likeness (QED) is 0.622. The number of hydrogen-bond donors (Lipinski definition) is 0. The standard InChI is InChI=1S/C8H7BrF3NO/c1-14-5-3-13-8(12)6(7(10)11)4(5)2-9/h3,7H,2H2,1H3. The SMILES string of the molecule is COc1cnc(F)c(C(F)F)c1CBr. The van der Waals surface area contributed by atoms with Crippen LogP contribution in [-0.2, 0) is 5.33 Å². The second-order valence-electron chi connectivity index (χ2n) is 2.44. The molecule has 14 heavy (non-hydrogen) atoms. The van der Waals surface area contributed by atoms with Crippen molar-refractivity contribution in [1.29, 1.82) is 0 Å². The van der Waals surface area contributed by atoms with E-state index < -0.39 is 17.9 Å². The van der Waals surface area contributed by atoms with Crippen LogP contribution in [0.3, 0.4) is 0 Å². The molecule has 0 unspecified atom stereocenters. The summed E-state index contributed by atoms with van der Waals surface area (Å²) in [5.74, 6) is -1.01. The normalized spacial score (nSPS) is 10.7. The Balaban J connectivity index is 3.35. The van der Waals surface area contributed by atoms with Gasteiger partial charge in [-0.2, -0.15) is 4.39 Å². The van der Waals surface area contributed by atoms with Crippen molar-refractivity contribution in [3.05, 3.63) is 23.3 Å². The van der Waals surface area contributed by atoms with Crippen LogP contribution in [0.25, 0.3) is 0 Å². The summed E-state index contributed by atoms with van der Waals surface area (Å²) in [6, 6.07) is 0. The monoisotopic (exact) mass is 269 g/mol. The van der Waals surface area contributed by atoms with Gasteiger partial charge in [0.2, 0.25) is 5.95 Å². The summed E-state index contributed by atoms with van der Waals surface area (Å²) in [7, 11) is 1.32. The molecule has 0 N–H and O–H groups in total. The highest BCUT2D eigenvalue weighted by Gasteiger charge is 2.22. The van der Waals surface area contributed by atoms with Crippen molar-refractivity contribution in [2.24, 2.45) is 0 Å². The third kappa shape index (κ3) is 2.00. The molecule has 78 valence electrons. The Morgan fingerprint density at radius 1 is 1.57 bits per heavy atom. The molecule has 0 atom stereocenters. The molecule has 6 heteroatoms. The fraction of sp³-hybridized carbons (Fsp3) is 0.375. The summed E-state index contributed by atoms with van der Waals surface area (Å²) in [5, 5.41) is 0.0925. The second kappa shape index (κ2) is 4.63. The summed E-state index contributed by atoms with van der Waals surface area (Å²) in [6.07, 6.45) is -1.82. The number of nitrogens with zero attached hydrogens (tertiary/aromatic N) is 1. The number of aromatic nitrogens is 1. The first-order valence-electron chi connectivity index (χ1n) is 3.67. The maximum Gasteiger partial charge on any atom is 0.268 e. The highest BCUT2D eigenvalue weighted by Crippen LogP contribution is 2.32. The van der Waals surface area contributed by atoms with Gasteiger partial charge in [-0.15, -0.1) is 0 Å². The zero-order valence-electron chi connectivity index (χ0n) is 7.23. The molecule has 0 fully saturated rings. The molecule has 1 aromatic rings. The number of rotatable bonds is 3. The van der Waals surface area contributed by atoms with E-state index in [0.29, 0.717) is 0 Å². The maximum absolute atomic E-state index is 12.9. The molecule has 1 rings (SSSR count). The van der Waals surface area contributed by atoms with Gasteiger partial charge in [0, 0.05) is 10.9 Å². The predicted molar refractivity (Wildman–Crippen MR) is 48.3 cm³/mol. The maximum atomic E-state index is 12.9. The molecule has 2 nitrogen and oxygen atoms in total. The molecule has 1 heterocycles. The summed E-state index contributed by atoms with van der Waals surface area (Å²) >= 11 is 2.99. The molecule has 1 aromatic heterocycles. The number of halogens is 4. The van der Waals surface area contributed by atoms with E-state index in [0.717, 1.165) is 6.20 Å². The number of methoxy groups -OCH3 is 1. The predicted octanol–water partition coefficient (Wildman–Crippen LogP) is 3.06. The van der Waals surface area contributed by atoms with Crippen molar-refractivity contribution in [3.63, 3.8) is 0 Å². The molecule has 0 amide bonds. The van der Waals surface area contributed by atoms with Crippen LogP contribution in [0.5, 0.6) is 5.75 Å². The molecule has 0 bridgehead atoms. The van der Waals surface area contributed by atoms with Crippen LogP contribution in [0.2, 0.25) is 0 Å². The Morgan fingerprint density at radius 2 is 2.21 bits per heavy atom. The second-order valence-corrected chi connectivity index (χ2v) is 3.00. The van der Waals surface area contributed by atoms with Crippen molar-refractivity contribution in [2.75, 3.05) is 7.11 Å². The lowest BCUT2D eigenvalue weighted by Gasteiger charge is -2.10. The largest absolute Gasteiger partial charge is 0.495 e. The lowest BCUT2D eigenvalue weighted by molar-refractivity contribution is 0.143. The highest BCUT2D eigenvalue weighted by atomic mass is 79.9. The molecule has 0 aliphatic heterocycles. The number of hydrogen-bond acceptors (Lipinski definition) is 2. The van der Waals surface area contributed by atoms with Crippen molar-refractivity contribution in [1.82, 2.24) is 4.98 Å². The third-order valence-electron chi connectivity index (χ3n) is 1.71. The number of alkyl halides is 3. The molecule has 0 spiro atoms. The van der Waals surface area contributed by atoms with Gasteiger partial charge in [-0.25, -0.2) is 13.8 Å². The van der Waals surface area contributed by atoms with E-state index in [1.165, 1.54) is 7.11 Å². The molecular weight excluding hydrogens is 263 g/mol. The van der Waals surface area contributed by atoms with E-state index in [2.05, 4.69) is 20.9 Å². The van der Waals surface area contributed by atoms with Crippen molar-refractivity contribution in [2.45, 2.75) is 11.8 Å². The smallest absolute Gasteiger partial charge is 0.268 e. The molecule has 0 aliphatic carbocycles. The van der Waals surface area contributed by atoms with Crippen molar-refractivity contribution < 1.29 is 17.9 Å². The molecule has 0 radical (unpaired) electrons. The van der Waals surface area contributed by atoms with Gasteiger partial charge in [0.1, 0.15) is 5.75 Å². The van der Waals surface area contributed by atoms with Crippen molar-refractivity contribution >= 4 is 15.9 Å². The van der Waals surface area contributed by atoms with Crippen LogP contribution in [-0.4, -0.2) is 12.1 Å². The van der Waals surface area contributed by atoms with Crippen LogP contribution >= 0.6 is 15.9 Å². The van der Waals surface area contributed by atoms with E-state index in [-0.39, 0.29) is 16.6 Å². The van der Waals surface area contributed by atoms with Crippen LogP contribution in [0.1, 0.15) is 17.6 Å².